The topological polar surface area (TPSA) is 52.6 Å². The highest BCUT2D eigenvalue weighted by atomic mass is 35.5. The van der Waals surface area contributed by atoms with Crippen LogP contribution in [0.4, 0.5) is 0 Å². The van der Waals surface area contributed by atoms with Crippen molar-refractivity contribution in [3.05, 3.63) is 76.4 Å². The monoisotopic (exact) mass is 362 g/mol. The lowest BCUT2D eigenvalue weighted by Gasteiger charge is -2.02. The van der Waals surface area contributed by atoms with E-state index in [1.54, 1.807) is 42.5 Å². The van der Waals surface area contributed by atoms with Crippen LogP contribution in [-0.4, -0.2) is 5.97 Å². The number of furan rings is 2. The van der Waals surface area contributed by atoms with E-state index >= 15 is 0 Å². The molecule has 4 nitrogen and oxygen atoms in total. The lowest BCUT2D eigenvalue weighted by molar-refractivity contribution is -0.139. The zero-order valence-corrected chi connectivity index (χ0v) is 13.9. The van der Waals surface area contributed by atoms with E-state index in [1.165, 1.54) is 18.4 Å². The van der Waals surface area contributed by atoms with Gasteiger partial charge in [-0.05, 0) is 48.5 Å². The van der Waals surface area contributed by atoms with Crippen molar-refractivity contribution in [3.63, 3.8) is 0 Å². The molecule has 0 spiro atoms. The summed E-state index contributed by atoms with van der Waals surface area (Å²) in [5, 5.41) is 1.04. The molecule has 2 aromatic heterocycles. The summed E-state index contributed by atoms with van der Waals surface area (Å²) in [6.45, 7) is 0.0204. The number of hydrogen-bond acceptors (Lipinski definition) is 4. The van der Waals surface area contributed by atoms with Crippen molar-refractivity contribution in [2.45, 2.75) is 6.61 Å². The Morgan fingerprint density at radius 1 is 1.17 bits per heavy atom. The maximum Gasteiger partial charge on any atom is 0.331 e. The van der Waals surface area contributed by atoms with Crippen LogP contribution in [0.5, 0.6) is 0 Å². The minimum absolute atomic E-state index is 0.0204. The number of rotatable bonds is 5. The minimum atomic E-state index is -0.492. The number of carbonyl (C=O) groups excluding carboxylic acids is 1. The molecule has 3 aromatic rings. The highest BCUT2D eigenvalue weighted by Gasteiger charge is 2.10. The van der Waals surface area contributed by atoms with Crippen LogP contribution in [-0.2, 0) is 16.1 Å². The Morgan fingerprint density at radius 3 is 2.79 bits per heavy atom. The Hall–Kier alpha value is -2.43. The fourth-order valence-electron chi connectivity index (χ4n) is 2.02. The summed E-state index contributed by atoms with van der Waals surface area (Å²) in [5.74, 6) is 1.17. The molecule has 0 N–H and O–H groups in total. The Morgan fingerprint density at radius 2 is 2.04 bits per heavy atom. The fourth-order valence-corrected chi connectivity index (χ4v) is 2.52. The minimum Gasteiger partial charge on any atom is -0.465 e. The van der Waals surface area contributed by atoms with Crippen LogP contribution in [0.2, 0.25) is 10.0 Å². The summed E-state index contributed by atoms with van der Waals surface area (Å²) in [6.07, 6.45) is 4.35. The smallest absolute Gasteiger partial charge is 0.331 e. The first-order valence-corrected chi connectivity index (χ1v) is 7.80. The zero-order chi connectivity index (χ0) is 16.9. The van der Waals surface area contributed by atoms with Gasteiger partial charge in [0, 0.05) is 16.7 Å². The zero-order valence-electron chi connectivity index (χ0n) is 12.4. The summed E-state index contributed by atoms with van der Waals surface area (Å²) < 4.78 is 15.8. The highest BCUT2D eigenvalue weighted by Crippen LogP contribution is 2.31. The molecular formula is C18H12Cl2O4. The molecule has 0 amide bonds. The van der Waals surface area contributed by atoms with Crippen molar-refractivity contribution in [2.75, 3.05) is 0 Å². The van der Waals surface area contributed by atoms with E-state index in [4.69, 9.17) is 36.8 Å². The first kappa shape index (κ1) is 16.4. The Balaban J connectivity index is 1.61. The average molecular weight is 363 g/mol. The Labute approximate surface area is 148 Å². The van der Waals surface area contributed by atoms with E-state index in [0.717, 1.165) is 5.56 Å². The van der Waals surface area contributed by atoms with Gasteiger partial charge in [0.15, 0.2) is 0 Å². The van der Waals surface area contributed by atoms with Gasteiger partial charge in [-0.2, -0.15) is 0 Å². The lowest BCUT2D eigenvalue weighted by Crippen LogP contribution is -1.99. The molecule has 0 fully saturated rings. The molecule has 122 valence electrons. The van der Waals surface area contributed by atoms with E-state index in [9.17, 15) is 4.79 Å². The highest BCUT2D eigenvalue weighted by molar-refractivity contribution is 6.36. The van der Waals surface area contributed by atoms with Gasteiger partial charge in [0.05, 0.1) is 11.3 Å². The van der Waals surface area contributed by atoms with Gasteiger partial charge in [-0.1, -0.05) is 23.2 Å². The van der Waals surface area contributed by atoms with Gasteiger partial charge in [0.1, 0.15) is 23.9 Å². The second-order valence-electron chi connectivity index (χ2n) is 4.85. The number of carbonyl (C=O) groups is 1. The van der Waals surface area contributed by atoms with Crippen LogP contribution in [0.15, 0.2) is 63.6 Å². The molecule has 24 heavy (non-hydrogen) atoms. The molecule has 2 heterocycles. The van der Waals surface area contributed by atoms with Crippen LogP contribution >= 0.6 is 23.2 Å². The molecule has 0 aliphatic rings. The first-order valence-electron chi connectivity index (χ1n) is 7.04. The molecule has 3 rings (SSSR count). The molecule has 0 bridgehead atoms. The summed E-state index contributed by atoms with van der Waals surface area (Å²) in [4.78, 5) is 11.7. The predicted molar refractivity (Wildman–Crippen MR) is 91.7 cm³/mol. The van der Waals surface area contributed by atoms with Crippen molar-refractivity contribution in [3.8, 4) is 11.3 Å². The van der Waals surface area contributed by atoms with E-state index in [1.807, 2.05) is 0 Å². The Bertz CT molecular complexity index is 863. The third-order valence-corrected chi connectivity index (χ3v) is 3.69. The number of esters is 1. The second-order valence-corrected chi connectivity index (χ2v) is 5.69. The van der Waals surface area contributed by atoms with Crippen molar-refractivity contribution in [1.29, 1.82) is 0 Å². The maximum absolute atomic E-state index is 11.7. The van der Waals surface area contributed by atoms with Crippen LogP contribution in [0.1, 0.15) is 11.5 Å². The lowest BCUT2D eigenvalue weighted by atomic mass is 10.2. The van der Waals surface area contributed by atoms with Gasteiger partial charge in [-0.25, -0.2) is 4.79 Å². The van der Waals surface area contributed by atoms with Gasteiger partial charge < -0.3 is 13.6 Å². The van der Waals surface area contributed by atoms with Crippen LogP contribution in [0.3, 0.4) is 0 Å². The standard InChI is InChI=1S/C18H12Cl2O4/c19-12-3-6-15(16(20)10-12)17-7-4-14(24-17)11-23-18(21)8-5-13-2-1-9-22-13/h1-10H,11H2/b8-5+. The number of hydrogen-bond donors (Lipinski definition) is 0. The quantitative estimate of drug-likeness (QED) is 0.437. The van der Waals surface area contributed by atoms with Gasteiger partial charge in [0.25, 0.3) is 0 Å². The number of ether oxygens (including phenoxy) is 1. The van der Waals surface area contributed by atoms with Gasteiger partial charge >= 0.3 is 5.97 Å². The molecule has 0 unspecified atom stereocenters. The summed E-state index contributed by atoms with van der Waals surface area (Å²) >= 11 is 12.0. The predicted octanol–water partition coefficient (Wildman–Crippen LogP) is 5.60. The molecule has 1 aromatic carbocycles. The van der Waals surface area contributed by atoms with Crippen molar-refractivity contribution in [2.24, 2.45) is 0 Å². The molecule has 0 radical (unpaired) electrons. The SMILES string of the molecule is O=C(/C=C/c1ccco1)OCc1ccc(-c2ccc(Cl)cc2Cl)o1. The Kier molecular flexibility index (Phi) is 5.08. The number of benzene rings is 1. The van der Waals surface area contributed by atoms with Crippen molar-refractivity contribution in [1.82, 2.24) is 0 Å². The number of halogens is 2. The van der Waals surface area contributed by atoms with Gasteiger partial charge in [-0.3, -0.25) is 0 Å². The average Bonchev–Trinajstić information content (AvgIpc) is 3.22. The van der Waals surface area contributed by atoms with E-state index < -0.39 is 5.97 Å². The summed E-state index contributed by atoms with van der Waals surface area (Å²) in [6, 6.07) is 12.1. The van der Waals surface area contributed by atoms with Crippen molar-refractivity contribution < 1.29 is 18.4 Å². The second kappa shape index (κ2) is 7.43. The molecule has 6 heteroatoms. The first-order chi connectivity index (χ1) is 11.6. The molecule has 0 aliphatic carbocycles. The third kappa shape index (κ3) is 4.10. The van der Waals surface area contributed by atoms with Gasteiger partial charge in [0.2, 0.25) is 0 Å². The third-order valence-electron chi connectivity index (χ3n) is 3.14. The fraction of sp³-hybridized carbons (Fsp3) is 0.0556. The van der Waals surface area contributed by atoms with Crippen molar-refractivity contribution >= 4 is 35.2 Å². The van der Waals surface area contributed by atoms with Gasteiger partial charge in [-0.15, -0.1) is 0 Å². The van der Waals surface area contributed by atoms with Crippen LogP contribution in [0.25, 0.3) is 17.4 Å². The van der Waals surface area contributed by atoms with Crippen LogP contribution in [0, 0.1) is 0 Å². The largest absolute Gasteiger partial charge is 0.465 e. The molecular weight excluding hydrogens is 351 g/mol. The summed E-state index contributed by atoms with van der Waals surface area (Å²) in [7, 11) is 0. The molecule has 0 saturated heterocycles. The normalized spacial score (nSPS) is 11.1. The maximum atomic E-state index is 11.7. The van der Waals surface area contributed by atoms with E-state index in [0.29, 0.717) is 27.3 Å². The summed E-state index contributed by atoms with van der Waals surface area (Å²) in [5.41, 5.74) is 0.719. The van der Waals surface area contributed by atoms with E-state index in [2.05, 4.69) is 0 Å². The molecule has 0 aliphatic heterocycles. The van der Waals surface area contributed by atoms with E-state index in [-0.39, 0.29) is 6.61 Å². The van der Waals surface area contributed by atoms with Crippen LogP contribution < -0.4 is 0 Å². The molecule has 0 atom stereocenters. The molecule has 0 saturated carbocycles.